The van der Waals surface area contributed by atoms with E-state index in [1.165, 1.54) is 0 Å². The van der Waals surface area contributed by atoms with Crippen LogP contribution in [0.2, 0.25) is 0 Å². The molecule has 0 aliphatic carbocycles. The predicted molar refractivity (Wildman–Crippen MR) is 50.1 cm³/mol. The molecule has 0 radical (unpaired) electrons. The Morgan fingerprint density at radius 2 is 1.85 bits per heavy atom. The molecule has 0 aliphatic heterocycles. The first kappa shape index (κ1) is 11.7. The van der Waals surface area contributed by atoms with Crippen LogP contribution < -0.4 is 16.4 Å². The van der Waals surface area contributed by atoms with Crippen molar-refractivity contribution in [3.63, 3.8) is 0 Å². The van der Waals surface area contributed by atoms with E-state index in [1.54, 1.807) is 0 Å². The third kappa shape index (κ3) is 8.65. The average molecular weight is 187 g/mol. The molecule has 0 aromatic heterocycles. The maximum Gasteiger partial charge on any atom is 0.315 e. The standard InChI is InChI=1S/C8H17N3O2/c1-8(2,3)11-7(13)10-5-4-6(9)12/h4-5H2,1-3H3,(H2,9,12)(H2,10,11,13). The highest BCUT2D eigenvalue weighted by Crippen LogP contribution is 1.97. The molecule has 0 rings (SSSR count). The molecule has 0 saturated carbocycles. The smallest absolute Gasteiger partial charge is 0.315 e. The first-order valence-electron chi connectivity index (χ1n) is 4.15. The quantitative estimate of drug-likeness (QED) is 0.579. The van der Waals surface area contributed by atoms with Gasteiger partial charge in [0.05, 0.1) is 0 Å². The van der Waals surface area contributed by atoms with Crippen LogP contribution in [0.5, 0.6) is 0 Å². The Kier molecular flexibility index (Phi) is 4.23. The summed E-state index contributed by atoms with van der Waals surface area (Å²) in [4.78, 5) is 21.4. The Hall–Kier alpha value is -1.26. The maximum absolute atomic E-state index is 11.1. The number of carbonyl (C=O) groups excluding carboxylic acids is 2. The number of rotatable bonds is 3. The minimum absolute atomic E-state index is 0.164. The molecule has 76 valence electrons. The molecule has 3 amide bonds. The van der Waals surface area contributed by atoms with Crippen molar-refractivity contribution in [3.8, 4) is 0 Å². The van der Waals surface area contributed by atoms with E-state index in [2.05, 4.69) is 10.6 Å². The zero-order chi connectivity index (χ0) is 10.5. The van der Waals surface area contributed by atoms with E-state index < -0.39 is 5.91 Å². The van der Waals surface area contributed by atoms with Crippen LogP contribution >= 0.6 is 0 Å². The number of urea groups is 1. The number of carbonyl (C=O) groups is 2. The minimum Gasteiger partial charge on any atom is -0.370 e. The lowest BCUT2D eigenvalue weighted by Gasteiger charge is -2.20. The van der Waals surface area contributed by atoms with Gasteiger partial charge in [-0.2, -0.15) is 0 Å². The number of nitrogens with two attached hydrogens (primary N) is 1. The highest BCUT2D eigenvalue weighted by Gasteiger charge is 2.12. The lowest BCUT2D eigenvalue weighted by molar-refractivity contribution is -0.117. The van der Waals surface area contributed by atoms with Crippen LogP contribution in [0.15, 0.2) is 0 Å². The molecule has 0 spiro atoms. The van der Waals surface area contributed by atoms with Gasteiger partial charge in [0.1, 0.15) is 0 Å². The lowest BCUT2D eigenvalue weighted by Crippen LogP contribution is -2.46. The van der Waals surface area contributed by atoms with Crippen molar-refractivity contribution in [2.24, 2.45) is 5.73 Å². The molecule has 0 atom stereocenters. The van der Waals surface area contributed by atoms with Crippen LogP contribution in [0.4, 0.5) is 4.79 Å². The Labute approximate surface area is 78.1 Å². The summed E-state index contributed by atoms with van der Waals surface area (Å²) in [6.07, 6.45) is 0.164. The summed E-state index contributed by atoms with van der Waals surface area (Å²) in [5, 5.41) is 5.21. The predicted octanol–water partition coefficient (Wildman–Crippen LogP) is -0.0405. The summed E-state index contributed by atoms with van der Waals surface area (Å²) in [7, 11) is 0. The molecule has 0 fully saturated rings. The van der Waals surface area contributed by atoms with Crippen LogP contribution in [-0.4, -0.2) is 24.0 Å². The van der Waals surface area contributed by atoms with E-state index in [1.807, 2.05) is 20.8 Å². The molecule has 5 nitrogen and oxygen atoms in total. The fourth-order valence-electron chi connectivity index (χ4n) is 0.684. The van der Waals surface area contributed by atoms with Crippen molar-refractivity contribution in [2.45, 2.75) is 32.7 Å². The summed E-state index contributed by atoms with van der Waals surface area (Å²) in [5.74, 6) is -0.420. The largest absolute Gasteiger partial charge is 0.370 e. The van der Waals surface area contributed by atoms with Crippen LogP contribution in [0.25, 0.3) is 0 Å². The van der Waals surface area contributed by atoms with Crippen molar-refractivity contribution in [1.29, 1.82) is 0 Å². The molecule has 13 heavy (non-hydrogen) atoms. The van der Waals surface area contributed by atoms with Gasteiger partial charge in [0.25, 0.3) is 0 Å². The molecule has 0 aromatic carbocycles. The molecule has 0 aliphatic rings. The Morgan fingerprint density at radius 3 is 2.23 bits per heavy atom. The first-order chi connectivity index (χ1) is 5.81. The highest BCUT2D eigenvalue weighted by molar-refractivity contribution is 5.77. The number of hydrogen-bond acceptors (Lipinski definition) is 2. The van der Waals surface area contributed by atoms with Crippen LogP contribution in [-0.2, 0) is 4.79 Å². The monoisotopic (exact) mass is 187 g/mol. The number of nitrogens with one attached hydrogen (secondary N) is 2. The Balaban J connectivity index is 3.59. The highest BCUT2D eigenvalue weighted by atomic mass is 16.2. The second-order valence-corrected chi connectivity index (χ2v) is 3.85. The Morgan fingerprint density at radius 1 is 1.31 bits per heavy atom. The van der Waals surface area contributed by atoms with Crippen molar-refractivity contribution >= 4 is 11.9 Å². The molecule has 4 N–H and O–H groups in total. The van der Waals surface area contributed by atoms with E-state index in [4.69, 9.17) is 5.73 Å². The van der Waals surface area contributed by atoms with Crippen molar-refractivity contribution in [2.75, 3.05) is 6.54 Å². The molecular weight excluding hydrogens is 170 g/mol. The second kappa shape index (κ2) is 4.69. The SMILES string of the molecule is CC(C)(C)NC(=O)NCCC(N)=O. The zero-order valence-electron chi connectivity index (χ0n) is 8.31. The molecular formula is C8H17N3O2. The van der Waals surface area contributed by atoms with E-state index in [-0.39, 0.29) is 24.5 Å². The number of primary amides is 1. The van der Waals surface area contributed by atoms with Crippen LogP contribution in [0.1, 0.15) is 27.2 Å². The third-order valence-corrected chi connectivity index (χ3v) is 1.15. The maximum atomic E-state index is 11.1. The van der Waals surface area contributed by atoms with Gasteiger partial charge in [0.15, 0.2) is 0 Å². The van der Waals surface area contributed by atoms with Gasteiger partial charge in [-0.3, -0.25) is 4.79 Å². The molecule has 0 saturated heterocycles. The molecule has 0 bridgehead atoms. The van der Waals surface area contributed by atoms with Gasteiger partial charge < -0.3 is 16.4 Å². The van der Waals surface area contributed by atoms with E-state index >= 15 is 0 Å². The summed E-state index contributed by atoms with van der Waals surface area (Å²) < 4.78 is 0. The summed E-state index contributed by atoms with van der Waals surface area (Å²) in [6.45, 7) is 5.90. The van der Waals surface area contributed by atoms with Crippen molar-refractivity contribution in [3.05, 3.63) is 0 Å². The van der Waals surface area contributed by atoms with Gasteiger partial charge >= 0.3 is 6.03 Å². The van der Waals surface area contributed by atoms with Gasteiger partial charge in [-0.1, -0.05) is 0 Å². The van der Waals surface area contributed by atoms with Gasteiger partial charge in [0.2, 0.25) is 5.91 Å². The topological polar surface area (TPSA) is 84.2 Å². The molecule has 0 aromatic rings. The fourth-order valence-corrected chi connectivity index (χ4v) is 0.684. The molecule has 0 unspecified atom stereocenters. The second-order valence-electron chi connectivity index (χ2n) is 3.85. The third-order valence-electron chi connectivity index (χ3n) is 1.15. The average Bonchev–Trinajstić information content (AvgIpc) is 1.81. The summed E-state index contributed by atoms with van der Waals surface area (Å²) in [6, 6.07) is -0.284. The Bertz CT molecular complexity index is 196. The van der Waals surface area contributed by atoms with Gasteiger partial charge in [-0.15, -0.1) is 0 Å². The van der Waals surface area contributed by atoms with E-state index in [9.17, 15) is 9.59 Å². The van der Waals surface area contributed by atoms with E-state index in [0.717, 1.165) is 0 Å². The first-order valence-corrected chi connectivity index (χ1v) is 4.15. The van der Waals surface area contributed by atoms with Crippen molar-refractivity contribution in [1.82, 2.24) is 10.6 Å². The molecule has 5 heteroatoms. The number of hydrogen-bond donors (Lipinski definition) is 3. The van der Waals surface area contributed by atoms with Crippen molar-refractivity contribution < 1.29 is 9.59 Å². The van der Waals surface area contributed by atoms with Crippen LogP contribution in [0, 0.1) is 0 Å². The van der Waals surface area contributed by atoms with E-state index in [0.29, 0.717) is 0 Å². The van der Waals surface area contributed by atoms with Crippen LogP contribution in [0.3, 0.4) is 0 Å². The van der Waals surface area contributed by atoms with Gasteiger partial charge in [-0.05, 0) is 20.8 Å². The summed E-state index contributed by atoms with van der Waals surface area (Å²) >= 11 is 0. The summed E-state index contributed by atoms with van der Waals surface area (Å²) in [5.41, 5.74) is 4.63. The normalized spacial score (nSPS) is 10.7. The number of amides is 3. The molecule has 0 heterocycles. The fraction of sp³-hybridized carbons (Fsp3) is 0.750. The zero-order valence-corrected chi connectivity index (χ0v) is 8.31. The minimum atomic E-state index is -0.420. The van der Waals surface area contributed by atoms with Gasteiger partial charge in [-0.25, -0.2) is 4.79 Å². The van der Waals surface area contributed by atoms with Gasteiger partial charge in [0, 0.05) is 18.5 Å². The lowest BCUT2D eigenvalue weighted by atomic mass is 10.1.